The maximum absolute atomic E-state index is 12.6. The van der Waals surface area contributed by atoms with Gasteiger partial charge in [-0.1, -0.05) is 44.2 Å². The van der Waals surface area contributed by atoms with Crippen LogP contribution in [-0.4, -0.2) is 10.9 Å². The minimum atomic E-state index is -1.10. The number of nitrogens with zero attached hydrogens (tertiary/aromatic N) is 2. The van der Waals surface area contributed by atoms with Gasteiger partial charge in [0.15, 0.2) is 0 Å². The Morgan fingerprint density at radius 1 is 1.21 bits per heavy atom. The van der Waals surface area contributed by atoms with Crippen LogP contribution in [0, 0.1) is 38.7 Å². The molecule has 29 heavy (non-hydrogen) atoms. The van der Waals surface area contributed by atoms with E-state index in [1.807, 2.05) is 50.2 Å². The van der Waals surface area contributed by atoms with Crippen LogP contribution in [0.2, 0.25) is 0 Å². The lowest BCUT2D eigenvalue weighted by Crippen LogP contribution is -2.14. The second-order valence-electron chi connectivity index (χ2n) is 7.39. The number of benzene rings is 2. The van der Waals surface area contributed by atoms with Gasteiger partial charge in [0, 0.05) is 11.5 Å². The number of hydrogen-bond acceptors (Lipinski definition) is 6. The Bertz CT molecular complexity index is 978. The largest absolute Gasteiger partial charge is 0.457 e. The summed E-state index contributed by atoms with van der Waals surface area (Å²) in [6.07, 6.45) is 1.14. The molecule has 3 atom stereocenters. The summed E-state index contributed by atoms with van der Waals surface area (Å²) in [7, 11) is 0. The van der Waals surface area contributed by atoms with Crippen molar-refractivity contribution in [3.05, 3.63) is 82.6 Å². The number of ether oxygens (including phenoxy) is 2. The lowest BCUT2D eigenvalue weighted by atomic mass is 10.1. The van der Waals surface area contributed by atoms with Crippen LogP contribution in [0.15, 0.2) is 66.9 Å². The first-order valence-electron chi connectivity index (χ1n) is 9.07. The van der Waals surface area contributed by atoms with Crippen LogP contribution in [-0.2, 0) is 9.53 Å². The van der Waals surface area contributed by atoms with E-state index in [4.69, 9.17) is 9.47 Å². The van der Waals surface area contributed by atoms with Crippen LogP contribution in [0.5, 0.6) is 11.5 Å². The summed E-state index contributed by atoms with van der Waals surface area (Å²) >= 11 is 0. The Hall–Kier alpha value is -3.66. The number of carbonyl (C=O) groups excluding carboxylic acids is 1. The first kappa shape index (κ1) is 20.1. The molecule has 2 aromatic rings. The molecule has 1 saturated carbocycles. The Balaban J connectivity index is 1.70. The van der Waals surface area contributed by atoms with E-state index in [1.54, 1.807) is 24.3 Å². The van der Waals surface area contributed by atoms with Gasteiger partial charge in [-0.3, -0.25) is 14.9 Å². The normalized spacial score (nSPS) is 20.4. The first-order valence-corrected chi connectivity index (χ1v) is 9.07. The number of rotatable bonds is 7. The van der Waals surface area contributed by atoms with Crippen molar-refractivity contribution in [2.45, 2.75) is 20.0 Å². The molecule has 2 aromatic carbocycles. The Labute approximate surface area is 168 Å². The van der Waals surface area contributed by atoms with Crippen molar-refractivity contribution >= 4 is 5.97 Å². The average molecular weight is 392 g/mol. The van der Waals surface area contributed by atoms with Crippen LogP contribution < -0.4 is 4.74 Å². The third kappa shape index (κ3) is 4.61. The highest BCUT2D eigenvalue weighted by Crippen LogP contribution is 2.59. The van der Waals surface area contributed by atoms with Gasteiger partial charge in [-0.05, 0) is 35.8 Å². The van der Waals surface area contributed by atoms with E-state index in [9.17, 15) is 20.2 Å². The monoisotopic (exact) mass is 392 g/mol. The standard InChI is InChI=1S/C22H20N2O5/c1-22(2)18(11-12-24(26)27)20(22)21(25)29-19(14-23)15-7-6-10-17(13-15)28-16-8-4-3-5-9-16/h3-13,18-20H,1-2H3/b12-11-. The molecular weight excluding hydrogens is 372 g/mol. The van der Waals surface area contributed by atoms with Gasteiger partial charge in [0.25, 0.3) is 0 Å². The minimum absolute atomic E-state index is 0.299. The molecule has 0 radical (unpaired) electrons. The maximum Gasteiger partial charge on any atom is 0.311 e. The van der Waals surface area contributed by atoms with Gasteiger partial charge in [-0.2, -0.15) is 5.26 Å². The smallest absolute Gasteiger partial charge is 0.311 e. The third-order valence-electron chi connectivity index (χ3n) is 5.07. The summed E-state index contributed by atoms with van der Waals surface area (Å²) in [4.78, 5) is 22.6. The number of nitro groups is 1. The predicted molar refractivity (Wildman–Crippen MR) is 104 cm³/mol. The second kappa shape index (κ2) is 8.15. The Kier molecular flexibility index (Phi) is 5.64. The molecule has 3 unspecified atom stereocenters. The molecule has 0 aliphatic heterocycles. The van der Waals surface area contributed by atoms with Gasteiger partial charge in [-0.25, -0.2) is 0 Å². The summed E-state index contributed by atoms with van der Waals surface area (Å²) in [6, 6.07) is 18.0. The number of hydrogen-bond donors (Lipinski definition) is 0. The van der Waals surface area contributed by atoms with Gasteiger partial charge in [0.05, 0.1) is 10.8 Å². The van der Waals surface area contributed by atoms with Crippen LogP contribution in [0.4, 0.5) is 0 Å². The van der Waals surface area contributed by atoms with E-state index in [0.717, 1.165) is 6.20 Å². The predicted octanol–water partition coefficient (Wildman–Crippen LogP) is 4.65. The van der Waals surface area contributed by atoms with Gasteiger partial charge < -0.3 is 9.47 Å². The molecule has 7 heteroatoms. The highest BCUT2D eigenvalue weighted by molar-refractivity contribution is 5.78. The van der Waals surface area contributed by atoms with Gasteiger partial charge in [0.1, 0.15) is 17.6 Å². The Morgan fingerprint density at radius 2 is 1.90 bits per heavy atom. The zero-order chi connectivity index (χ0) is 21.0. The highest BCUT2D eigenvalue weighted by atomic mass is 16.6. The minimum Gasteiger partial charge on any atom is -0.457 e. The van der Waals surface area contributed by atoms with E-state index < -0.39 is 28.3 Å². The average Bonchev–Trinajstić information content (AvgIpc) is 3.26. The van der Waals surface area contributed by atoms with Crippen molar-refractivity contribution in [1.29, 1.82) is 5.26 Å². The van der Waals surface area contributed by atoms with Crippen LogP contribution >= 0.6 is 0 Å². The third-order valence-corrected chi connectivity index (χ3v) is 5.07. The molecule has 7 nitrogen and oxygen atoms in total. The van der Waals surface area contributed by atoms with Gasteiger partial charge in [0.2, 0.25) is 12.3 Å². The first-order chi connectivity index (χ1) is 13.8. The number of nitriles is 1. The Morgan fingerprint density at radius 3 is 2.55 bits per heavy atom. The summed E-state index contributed by atoms with van der Waals surface area (Å²) < 4.78 is 11.2. The molecule has 0 amide bonds. The fraction of sp³-hybridized carbons (Fsp3) is 0.273. The van der Waals surface area contributed by atoms with E-state index in [-0.39, 0.29) is 5.92 Å². The molecule has 0 heterocycles. The maximum atomic E-state index is 12.6. The number of allylic oxidation sites excluding steroid dienone is 1. The van der Waals surface area contributed by atoms with Crippen LogP contribution in [0.1, 0.15) is 25.5 Å². The zero-order valence-electron chi connectivity index (χ0n) is 16.0. The van der Waals surface area contributed by atoms with Crippen molar-refractivity contribution in [3.63, 3.8) is 0 Å². The summed E-state index contributed by atoms with van der Waals surface area (Å²) in [6.45, 7) is 3.67. The van der Waals surface area contributed by atoms with Gasteiger partial charge in [-0.15, -0.1) is 0 Å². The van der Waals surface area contributed by atoms with E-state index in [0.29, 0.717) is 17.1 Å². The molecule has 1 aliphatic carbocycles. The van der Waals surface area contributed by atoms with Crippen molar-refractivity contribution in [2.75, 3.05) is 0 Å². The molecule has 1 fully saturated rings. The lowest BCUT2D eigenvalue weighted by Gasteiger charge is -2.13. The molecule has 0 aromatic heterocycles. The zero-order valence-corrected chi connectivity index (χ0v) is 16.0. The fourth-order valence-corrected chi connectivity index (χ4v) is 3.37. The summed E-state index contributed by atoms with van der Waals surface area (Å²) in [5, 5.41) is 20.1. The van der Waals surface area contributed by atoms with Crippen molar-refractivity contribution < 1.29 is 19.2 Å². The van der Waals surface area contributed by atoms with E-state index in [1.165, 1.54) is 6.08 Å². The van der Waals surface area contributed by atoms with Crippen LogP contribution in [0.3, 0.4) is 0 Å². The number of carbonyl (C=O) groups is 1. The topological polar surface area (TPSA) is 102 Å². The molecule has 1 aliphatic rings. The van der Waals surface area contributed by atoms with Crippen molar-refractivity contribution in [2.24, 2.45) is 17.3 Å². The molecular formula is C22H20N2O5. The van der Waals surface area contributed by atoms with Gasteiger partial charge >= 0.3 is 5.97 Å². The van der Waals surface area contributed by atoms with E-state index >= 15 is 0 Å². The molecule has 148 valence electrons. The van der Waals surface area contributed by atoms with Crippen molar-refractivity contribution in [1.82, 2.24) is 0 Å². The van der Waals surface area contributed by atoms with Crippen LogP contribution in [0.25, 0.3) is 0 Å². The lowest BCUT2D eigenvalue weighted by molar-refractivity contribution is -0.402. The summed E-state index contributed by atoms with van der Waals surface area (Å²) in [5.74, 6) is -0.210. The highest BCUT2D eigenvalue weighted by Gasteiger charge is 2.62. The molecule has 0 bridgehead atoms. The fourth-order valence-electron chi connectivity index (χ4n) is 3.37. The molecule has 0 spiro atoms. The SMILES string of the molecule is CC1(C)C(/C=C\[N+](=O)[O-])C1C(=O)OC(C#N)c1cccc(Oc2ccccc2)c1. The summed E-state index contributed by atoms with van der Waals surface area (Å²) in [5.41, 5.74) is 0.0344. The van der Waals surface area contributed by atoms with Crippen molar-refractivity contribution in [3.8, 4) is 17.6 Å². The molecule has 3 rings (SSSR count). The molecule has 0 N–H and O–H groups in total. The quantitative estimate of drug-likeness (QED) is 0.386. The second-order valence-corrected chi connectivity index (χ2v) is 7.39. The number of esters is 1. The molecule has 0 saturated heterocycles. The number of para-hydroxylation sites is 1. The van der Waals surface area contributed by atoms with E-state index in [2.05, 4.69) is 0 Å².